The third-order valence-corrected chi connectivity index (χ3v) is 6.07. The standard InChI is InChI=1S/C18H23NO7S/c1-19(14-8-9-27(22,23)12-14)17(20)11-26-18(21)7-4-13-10-15(24-2)5-6-16(13)25-3/h4-7,10,14H,8-9,11-12H2,1-3H3/b7-4+/t14-/m0/s1. The van der Waals surface area contributed by atoms with Gasteiger partial charge in [0.1, 0.15) is 11.5 Å². The zero-order valence-electron chi connectivity index (χ0n) is 15.5. The van der Waals surface area contributed by atoms with Crippen LogP contribution in [0.2, 0.25) is 0 Å². The van der Waals surface area contributed by atoms with Gasteiger partial charge in [-0.05, 0) is 30.7 Å². The van der Waals surface area contributed by atoms with Crippen molar-refractivity contribution >= 4 is 27.8 Å². The fourth-order valence-corrected chi connectivity index (χ4v) is 4.47. The van der Waals surface area contributed by atoms with E-state index in [1.54, 1.807) is 18.2 Å². The van der Waals surface area contributed by atoms with Gasteiger partial charge in [-0.1, -0.05) is 0 Å². The number of ether oxygens (including phenoxy) is 3. The van der Waals surface area contributed by atoms with Crippen LogP contribution in [-0.4, -0.2) is 70.6 Å². The number of nitrogens with zero attached hydrogens (tertiary/aromatic N) is 1. The summed E-state index contributed by atoms with van der Waals surface area (Å²) in [4.78, 5) is 25.3. The van der Waals surface area contributed by atoms with Crippen LogP contribution in [0.15, 0.2) is 24.3 Å². The number of rotatable bonds is 7. The van der Waals surface area contributed by atoms with Gasteiger partial charge in [-0.15, -0.1) is 0 Å². The summed E-state index contributed by atoms with van der Waals surface area (Å²) < 4.78 is 38.3. The zero-order valence-corrected chi connectivity index (χ0v) is 16.3. The van der Waals surface area contributed by atoms with Crippen LogP contribution in [0.25, 0.3) is 6.08 Å². The maximum absolute atomic E-state index is 12.1. The van der Waals surface area contributed by atoms with Crippen molar-refractivity contribution in [3.63, 3.8) is 0 Å². The Kier molecular flexibility index (Phi) is 6.84. The molecule has 0 unspecified atom stereocenters. The molecule has 9 heteroatoms. The fraction of sp³-hybridized carbons (Fsp3) is 0.444. The van der Waals surface area contributed by atoms with Crippen molar-refractivity contribution in [3.8, 4) is 11.5 Å². The van der Waals surface area contributed by atoms with Gasteiger partial charge in [0, 0.05) is 24.7 Å². The molecule has 0 aromatic heterocycles. The Bertz CT molecular complexity index is 832. The molecule has 1 atom stereocenters. The number of carbonyl (C=O) groups is 2. The van der Waals surface area contributed by atoms with Gasteiger partial charge in [0.15, 0.2) is 16.4 Å². The van der Waals surface area contributed by atoms with Crippen LogP contribution >= 0.6 is 0 Å². The Balaban J connectivity index is 1.90. The maximum Gasteiger partial charge on any atom is 0.331 e. The third kappa shape index (κ3) is 5.72. The van der Waals surface area contributed by atoms with Crippen molar-refractivity contribution in [2.75, 3.05) is 39.4 Å². The Morgan fingerprint density at radius 2 is 2.00 bits per heavy atom. The molecule has 27 heavy (non-hydrogen) atoms. The van der Waals surface area contributed by atoms with E-state index >= 15 is 0 Å². The third-order valence-electron chi connectivity index (χ3n) is 4.32. The highest BCUT2D eigenvalue weighted by molar-refractivity contribution is 7.91. The van der Waals surface area contributed by atoms with E-state index in [1.807, 2.05) is 0 Å². The summed E-state index contributed by atoms with van der Waals surface area (Å²) in [5.41, 5.74) is 0.619. The molecule has 0 aliphatic carbocycles. The second kappa shape index (κ2) is 8.90. The van der Waals surface area contributed by atoms with E-state index in [0.29, 0.717) is 23.5 Å². The minimum atomic E-state index is -3.09. The average molecular weight is 397 g/mol. The molecule has 1 fully saturated rings. The Labute approximate surface area is 158 Å². The topological polar surface area (TPSA) is 99.2 Å². The van der Waals surface area contributed by atoms with Crippen LogP contribution in [0, 0.1) is 0 Å². The molecule has 0 bridgehead atoms. The first kappa shape index (κ1) is 20.8. The summed E-state index contributed by atoms with van der Waals surface area (Å²) in [7, 11) is 1.46. The van der Waals surface area contributed by atoms with Crippen molar-refractivity contribution in [2.45, 2.75) is 12.5 Å². The SMILES string of the molecule is COc1ccc(OC)c(/C=C/C(=O)OCC(=O)N(C)[C@H]2CCS(=O)(=O)C2)c1. The summed E-state index contributed by atoms with van der Waals surface area (Å²) in [6.45, 7) is -0.453. The lowest BCUT2D eigenvalue weighted by Crippen LogP contribution is -2.40. The first-order valence-electron chi connectivity index (χ1n) is 8.28. The number of carbonyl (C=O) groups excluding carboxylic acids is 2. The van der Waals surface area contributed by atoms with Crippen molar-refractivity contribution in [3.05, 3.63) is 29.8 Å². The highest BCUT2D eigenvalue weighted by atomic mass is 32.2. The number of amides is 1. The molecule has 148 valence electrons. The lowest BCUT2D eigenvalue weighted by atomic mass is 10.1. The van der Waals surface area contributed by atoms with E-state index in [-0.39, 0.29) is 17.5 Å². The van der Waals surface area contributed by atoms with Gasteiger partial charge in [0.2, 0.25) is 0 Å². The monoisotopic (exact) mass is 397 g/mol. The van der Waals surface area contributed by atoms with E-state index in [9.17, 15) is 18.0 Å². The molecule has 0 saturated carbocycles. The molecule has 1 heterocycles. The lowest BCUT2D eigenvalue weighted by Gasteiger charge is -2.22. The van der Waals surface area contributed by atoms with Gasteiger partial charge in [0.05, 0.1) is 25.7 Å². The maximum atomic E-state index is 12.1. The van der Waals surface area contributed by atoms with Crippen molar-refractivity contribution in [1.82, 2.24) is 4.90 Å². The van der Waals surface area contributed by atoms with Gasteiger partial charge in [-0.25, -0.2) is 13.2 Å². The van der Waals surface area contributed by atoms with Crippen molar-refractivity contribution in [1.29, 1.82) is 0 Å². The number of hydrogen-bond acceptors (Lipinski definition) is 7. The molecule has 0 radical (unpaired) electrons. The predicted octanol–water partition coefficient (Wildman–Crippen LogP) is 0.906. The number of methoxy groups -OCH3 is 2. The Morgan fingerprint density at radius 1 is 1.26 bits per heavy atom. The van der Waals surface area contributed by atoms with E-state index in [0.717, 1.165) is 0 Å². The number of benzene rings is 1. The molecule has 1 aromatic carbocycles. The fourth-order valence-electron chi connectivity index (χ4n) is 2.69. The van der Waals surface area contributed by atoms with E-state index in [2.05, 4.69) is 0 Å². The van der Waals surface area contributed by atoms with E-state index in [1.165, 1.54) is 38.3 Å². The van der Waals surface area contributed by atoms with Crippen LogP contribution in [0.1, 0.15) is 12.0 Å². The molecule has 1 aromatic rings. The quantitative estimate of drug-likeness (QED) is 0.498. The second-order valence-electron chi connectivity index (χ2n) is 6.11. The molecule has 1 aliphatic rings. The number of esters is 1. The largest absolute Gasteiger partial charge is 0.497 e. The van der Waals surface area contributed by atoms with Crippen LogP contribution < -0.4 is 9.47 Å². The van der Waals surface area contributed by atoms with Gasteiger partial charge in [-0.2, -0.15) is 0 Å². The van der Waals surface area contributed by atoms with Crippen LogP contribution in [0.5, 0.6) is 11.5 Å². The molecular weight excluding hydrogens is 374 g/mol. The molecule has 0 N–H and O–H groups in total. The highest BCUT2D eigenvalue weighted by Crippen LogP contribution is 2.25. The predicted molar refractivity (Wildman–Crippen MR) is 99.4 cm³/mol. The summed E-state index contributed by atoms with van der Waals surface area (Å²) in [5.74, 6) is 0.0301. The summed E-state index contributed by atoms with van der Waals surface area (Å²) >= 11 is 0. The normalized spacial score (nSPS) is 18.3. The summed E-state index contributed by atoms with van der Waals surface area (Å²) in [6.07, 6.45) is 3.08. The summed E-state index contributed by atoms with van der Waals surface area (Å²) in [6, 6.07) is 4.75. The first-order valence-corrected chi connectivity index (χ1v) is 10.1. The van der Waals surface area contributed by atoms with Crippen molar-refractivity contribution < 1.29 is 32.2 Å². The Hall–Kier alpha value is -2.55. The smallest absolute Gasteiger partial charge is 0.331 e. The van der Waals surface area contributed by atoms with E-state index < -0.39 is 28.3 Å². The van der Waals surface area contributed by atoms with Crippen LogP contribution in [0.4, 0.5) is 0 Å². The van der Waals surface area contributed by atoms with Crippen molar-refractivity contribution in [2.24, 2.45) is 0 Å². The summed E-state index contributed by atoms with van der Waals surface area (Å²) in [5, 5.41) is 0. The van der Waals surface area contributed by atoms with Gasteiger partial charge >= 0.3 is 5.97 Å². The van der Waals surface area contributed by atoms with Gasteiger partial charge in [-0.3, -0.25) is 4.79 Å². The molecular formula is C18H23NO7S. The number of likely N-dealkylation sites (N-methyl/N-ethyl adjacent to an activating group) is 1. The second-order valence-corrected chi connectivity index (χ2v) is 8.34. The molecule has 8 nitrogen and oxygen atoms in total. The number of sulfone groups is 1. The van der Waals surface area contributed by atoms with Gasteiger partial charge < -0.3 is 19.1 Å². The van der Waals surface area contributed by atoms with Crippen LogP contribution in [0.3, 0.4) is 0 Å². The Morgan fingerprint density at radius 3 is 2.59 bits per heavy atom. The molecule has 2 rings (SSSR count). The lowest BCUT2D eigenvalue weighted by molar-refractivity contribution is -0.148. The molecule has 1 aliphatic heterocycles. The first-order chi connectivity index (χ1) is 12.8. The highest BCUT2D eigenvalue weighted by Gasteiger charge is 2.32. The minimum absolute atomic E-state index is 0.0568. The molecule has 1 amide bonds. The van der Waals surface area contributed by atoms with Gasteiger partial charge in [0.25, 0.3) is 5.91 Å². The molecule has 0 spiro atoms. The average Bonchev–Trinajstić information content (AvgIpc) is 3.03. The van der Waals surface area contributed by atoms with E-state index in [4.69, 9.17) is 14.2 Å². The molecule has 1 saturated heterocycles. The number of hydrogen-bond donors (Lipinski definition) is 0. The zero-order chi connectivity index (χ0) is 20.0. The minimum Gasteiger partial charge on any atom is -0.497 e. The van der Waals surface area contributed by atoms with Crippen LogP contribution in [-0.2, 0) is 24.2 Å².